The van der Waals surface area contributed by atoms with E-state index in [0.717, 1.165) is 35.6 Å². The van der Waals surface area contributed by atoms with Crippen LogP contribution >= 0.6 is 0 Å². The number of hydrogen-bond acceptors (Lipinski definition) is 3. The number of fused-ring (bicyclic) bond motifs is 1. The topological polar surface area (TPSA) is 53.1 Å². The standard InChI is InChI=1S/C19H23N3O/c1-14-12-17-18(13-15(14)2)22(10-9-20)19(21-17)8-11-23-16-6-4-3-5-7-16/h3-7,12-13H,8-11,20H2,1-2H3. The van der Waals surface area contributed by atoms with Crippen LogP contribution in [0, 0.1) is 13.8 Å². The highest BCUT2D eigenvalue weighted by Crippen LogP contribution is 2.21. The van der Waals surface area contributed by atoms with Gasteiger partial charge in [0.2, 0.25) is 0 Å². The Bertz CT molecular complexity index is 793. The van der Waals surface area contributed by atoms with Gasteiger partial charge in [-0.2, -0.15) is 0 Å². The molecular weight excluding hydrogens is 286 g/mol. The molecule has 3 rings (SSSR count). The van der Waals surface area contributed by atoms with Crippen molar-refractivity contribution in [2.24, 2.45) is 5.73 Å². The van der Waals surface area contributed by atoms with Gasteiger partial charge in [0.15, 0.2) is 0 Å². The Labute approximate surface area is 136 Å². The van der Waals surface area contributed by atoms with Gasteiger partial charge >= 0.3 is 0 Å². The van der Waals surface area contributed by atoms with Crippen molar-refractivity contribution in [1.29, 1.82) is 0 Å². The smallest absolute Gasteiger partial charge is 0.119 e. The second kappa shape index (κ2) is 6.84. The second-order valence-corrected chi connectivity index (χ2v) is 5.81. The predicted octanol–water partition coefficient (Wildman–Crippen LogP) is 3.23. The van der Waals surface area contributed by atoms with Crippen molar-refractivity contribution in [2.45, 2.75) is 26.8 Å². The molecule has 0 spiro atoms. The molecule has 3 aromatic rings. The summed E-state index contributed by atoms with van der Waals surface area (Å²) in [6.07, 6.45) is 0.766. The number of benzene rings is 2. The maximum atomic E-state index is 5.80. The molecule has 2 aromatic carbocycles. The Balaban J connectivity index is 1.83. The Hall–Kier alpha value is -2.33. The van der Waals surface area contributed by atoms with Crippen LogP contribution in [0.2, 0.25) is 0 Å². The summed E-state index contributed by atoms with van der Waals surface area (Å²) in [6, 6.07) is 14.2. The molecule has 0 aliphatic heterocycles. The van der Waals surface area contributed by atoms with Crippen LogP contribution in [0.4, 0.5) is 0 Å². The molecule has 0 aliphatic carbocycles. The van der Waals surface area contributed by atoms with Crippen LogP contribution in [-0.4, -0.2) is 22.7 Å². The summed E-state index contributed by atoms with van der Waals surface area (Å²) in [4.78, 5) is 4.79. The molecule has 4 heteroatoms. The van der Waals surface area contributed by atoms with Crippen LogP contribution in [0.15, 0.2) is 42.5 Å². The zero-order chi connectivity index (χ0) is 16.2. The lowest BCUT2D eigenvalue weighted by atomic mass is 10.1. The van der Waals surface area contributed by atoms with Crippen LogP contribution in [0.3, 0.4) is 0 Å². The summed E-state index contributed by atoms with van der Waals surface area (Å²) in [5.41, 5.74) is 10.5. The van der Waals surface area contributed by atoms with Gasteiger partial charge in [-0.3, -0.25) is 0 Å². The van der Waals surface area contributed by atoms with E-state index in [2.05, 4.69) is 30.5 Å². The van der Waals surface area contributed by atoms with E-state index in [1.807, 2.05) is 30.3 Å². The highest BCUT2D eigenvalue weighted by molar-refractivity contribution is 5.78. The van der Waals surface area contributed by atoms with Crippen molar-refractivity contribution in [1.82, 2.24) is 9.55 Å². The fourth-order valence-electron chi connectivity index (χ4n) is 2.78. The third-order valence-electron chi connectivity index (χ3n) is 4.13. The fraction of sp³-hybridized carbons (Fsp3) is 0.316. The van der Waals surface area contributed by atoms with E-state index >= 15 is 0 Å². The summed E-state index contributed by atoms with van der Waals surface area (Å²) >= 11 is 0. The average molecular weight is 309 g/mol. The first-order valence-corrected chi connectivity index (χ1v) is 8.03. The van der Waals surface area contributed by atoms with Crippen LogP contribution in [0.1, 0.15) is 17.0 Å². The molecule has 0 radical (unpaired) electrons. The number of nitrogens with two attached hydrogens (primary N) is 1. The number of ether oxygens (including phenoxy) is 1. The average Bonchev–Trinajstić information content (AvgIpc) is 2.87. The second-order valence-electron chi connectivity index (χ2n) is 5.81. The zero-order valence-electron chi connectivity index (χ0n) is 13.7. The third-order valence-corrected chi connectivity index (χ3v) is 4.13. The Morgan fingerprint density at radius 1 is 1.09 bits per heavy atom. The van der Waals surface area contributed by atoms with Gasteiger partial charge in [-0.1, -0.05) is 18.2 Å². The molecule has 0 saturated heterocycles. The number of imidazole rings is 1. The molecule has 120 valence electrons. The minimum absolute atomic E-state index is 0.602. The van der Waals surface area contributed by atoms with E-state index in [4.69, 9.17) is 15.5 Å². The third kappa shape index (κ3) is 3.37. The summed E-state index contributed by atoms with van der Waals surface area (Å²) in [6.45, 7) is 6.24. The van der Waals surface area contributed by atoms with Gasteiger partial charge < -0.3 is 15.0 Å². The minimum Gasteiger partial charge on any atom is -0.493 e. The monoisotopic (exact) mass is 309 g/mol. The highest BCUT2D eigenvalue weighted by atomic mass is 16.5. The quantitative estimate of drug-likeness (QED) is 0.760. The summed E-state index contributed by atoms with van der Waals surface area (Å²) in [5.74, 6) is 1.92. The van der Waals surface area contributed by atoms with Crippen molar-refractivity contribution in [3.63, 3.8) is 0 Å². The largest absolute Gasteiger partial charge is 0.493 e. The lowest BCUT2D eigenvalue weighted by Gasteiger charge is -2.09. The molecule has 2 N–H and O–H groups in total. The molecule has 0 fully saturated rings. The number of hydrogen-bond donors (Lipinski definition) is 1. The van der Waals surface area contributed by atoms with Crippen LogP contribution in [0.25, 0.3) is 11.0 Å². The molecule has 23 heavy (non-hydrogen) atoms. The minimum atomic E-state index is 0.602. The maximum absolute atomic E-state index is 5.80. The Morgan fingerprint density at radius 3 is 2.57 bits per heavy atom. The molecule has 0 unspecified atom stereocenters. The first kappa shape index (κ1) is 15.6. The molecule has 1 heterocycles. The molecule has 0 amide bonds. The van der Waals surface area contributed by atoms with Crippen molar-refractivity contribution < 1.29 is 4.74 Å². The maximum Gasteiger partial charge on any atom is 0.119 e. The van der Waals surface area contributed by atoms with Crippen molar-refractivity contribution in [3.8, 4) is 5.75 Å². The number of rotatable bonds is 6. The predicted molar refractivity (Wildman–Crippen MR) is 93.9 cm³/mol. The first-order chi connectivity index (χ1) is 11.2. The van der Waals surface area contributed by atoms with Gasteiger partial charge in [-0.15, -0.1) is 0 Å². The van der Waals surface area contributed by atoms with E-state index in [1.54, 1.807) is 0 Å². The lowest BCUT2D eigenvalue weighted by molar-refractivity contribution is 0.317. The highest BCUT2D eigenvalue weighted by Gasteiger charge is 2.11. The van der Waals surface area contributed by atoms with Gasteiger partial charge in [-0.05, 0) is 49.2 Å². The van der Waals surface area contributed by atoms with Gasteiger partial charge in [0, 0.05) is 19.5 Å². The number of aryl methyl sites for hydroxylation is 2. The first-order valence-electron chi connectivity index (χ1n) is 8.03. The summed E-state index contributed by atoms with van der Waals surface area (Å²) in [7, 11) is 0. The van der Waals surface area contributed by atoms with Crippen LogP contribution < -0.4 is 10.5 Å². The number of aromatic nitrogens is 2. The molecule has 0 saturated carbocycles. The van der Waals surface area contributed by atoms with Crippen LogP contribution in [0.5, 0.6) is 5.75 Å². The number of nitrogens with zero attached hydrogens (tertiary/aromatic N) is 2. The molecule has 1 aromatic heterocycles. The summed E-state index contributed by atoms with van der Waals surface area (Å²) in [5, 5.41) is 0. The van der Waals surface area contributed by atoms with E-state index in [9.17, 15) is 0 Å². The Kier molecular flexibility index (Phi) is 4.63. The van der Waals surface area contributed by atoms with Crippen molar-refractivity contribution in [3.05, 3.63) is 59.4 Å². The van der Waals surface area contributed by atoms with E-state index in [0.29, 0.717) is 13.2 Å². The normalized spacial score (nSPS) is 11.1. The Morgan fingerprint density at radius 2 is 1.83 bits per heavy atom. The van der Waals surface area contributed by atoms with Crippen molar-refractivity contribution in [2.75, 3.05) is 13.2 Å². The number of para-hydroxylation sites is 1. The van der Waals surface area contributed by atoms with Crippen molar-refractivity contribution >= 4 is 11.0 Å². The molecule has 0 bridgehead atoms. The van der Waals surface area contributed by atoms with E-state index < -0.39 is 0 Å². The van der Waals surface area contributed by atoms with Gasteiger partial charge in [0.1, 0.15) is 11.6 Å². The van der Waals surface area contributed by atoms with E-state index in [1.165, 1.54) is 11.1 Å². The zero-order valence-corrected chi connectivity index (χ0v) is 13.7. The lowest BCUT2D eigenvalue weighted by Crippen LogP contribution is -2.14. The van der Waals surface area contributed by atoms with Gasteiger partial charge in [0.05, 0.1) is 17.6 Å². The molecule has 4 nitrogen and oxygen atoms in total. The fourth-order valence-corrected chi connectivity index (χ4v) is 2.78. The molecule has 0 aliphatic rings. The van der Waals surface area contributed by atoms with Crippen LogP contribution in [-0.2, 0) is 13.0 Å². The SMILES string of the molecule is Cc1cc2nc(CCOc3ccccc3)n(CCN)c2cc1C. The van der Waals surface area contributed by atoms with Gasteiger partial charge in [0.25, 0.3) is 0 Å². The van der Waals surface area contributed by atoms with Gasteiger partial charge in [-0.25, -0.2) is 4.98 Å². The van der Waals surface area contributed by atoms with E-state index in [-0.39, 0.29) is 0 Å². The molecular formula is C19H23N3O. The molecule has 0 atom stereocenters. The summed E-state index contributed by atoms with van der Waals surface area (Å²) < 4.78 is 8.02.